The number of benzene rings is 2. The van der Waals surface area contributed by atoms with Gasteiger partial charge in [0, 0.05) is 17.8 Å². The van der Waals surface area contributed by atoms with Gasteiger partial charge in [-0.2, -0.15) is 0 Å². The highest BCUT2D eigenvalue weighted by Gasteiger charge is 2.49. The van der Waals surface area contributed by atoms with Crippen molar-refractivity contribution in [3.63, 3.8) is 0 Å². The Balaban J connectivity index is 1.68. The van der Waals surface area contributed by atoms with E-state index >= 15 is 0 Å². The molecule has 1 aliphatic heterocycles. The lowest BCUT2D eigenvalue weighted by molar-refractivity contribution is -0.124. The van der Waals surface area contributed by atoms with Gasteiger partial charge in [-0.25, -0.2) is 8.78 Å². The average Bonchev–Trinajstić information content (AvgIpc) is 3.04. The lowest BCUT2D eigenvalue weighted by Gasteiger charge is -2.44. The molecule has 1 aromatic heterocycles. The van der Waals surface area contributed by atoms with Crippen LogP contribution >= 0.6 is 0 Å². The number of nitrogen functional groups attached to an aromatic ring is 1. The second-order valence-electron chi connectivity index (χ2n) is 7.23. The SMILES string of the molecule is Nc1c2cc(-c3cccn3-c3ccc(F)cc3F)cc1C1(CCC1)C(=O)N2. The van der Waals surface area contributed by atoms with Gasteiger partial charge in [0.1, 0.15) is 11.6 Å². The lowest BCUT2D eigenvalue weighted by atomic mass is 9.61. The fraction of sp³-hybridized carbons (Fsp3) is 0.190. The number of nitrogens with one attached hydrogen (secondary N) is 1. The molecule has 2 aromatic carbocycles. The maximum atomic E-state index is 14.3. The molecule has 136 valence electrons. The molecule has 0 radical (unpaired) electrons. The molecular weight excluding hydrogens is 348 g/mol. The molecule has 5 rings (SSSR count). The van der Waals surface area contributed by atoms with E-state index in [-0.39, 0.29) is 11.6 Å². The summed E-state index contributed by atoms with van der Waals surface area (Å²) in [4.78, 5) is 12.6. The Kier molecular flexibility index (Phi) is 3.22. The lowest BCUT2D eigenvalue weighted by Crippen LogP contribution is -2.48. The van der Waals surface area contributed by atoms with Crippen molar-refractivity contribution in [1.82, 2.24) is 4.57 Å². The molecule has 6 heteroatoms. The van der Waals surface area contributed by atoms with Gasteiger partial charge < -0.3 is 15.6 Å². The molecule has 1 fully saturated rings. The van der Waals surface area contributed by atoms with Crippen molar-refractivity contribution in [2.45, 2.75) is 24.7 Å². The zero-order valence-corrected chi connectivity index (χ0v) is 14.4. The number of hydrogen-bond donors (Lipinski definition) is 2. The van der Waals surface area contributed by atoms with E-state index < -0.39 is 17.0 Å². The highest BCUT2D eigenvalue weighted by atomic mass is 19.1. The van der Waals surface area contributed by atoms with Crippen LogP contribution in [0.4, 0.5) is 20.2 Å². The van der Waals surface area contributed by atoms with Crippen LogP contribution in [0.5, 0.6) is 0 Å². The highest BCUT2D eigenvalue weighted by Crippen LogP contribution is 2.52. The second-order valence-corrected chi connectivity index (χ2v) is 7.23. The summed E-state index contributed by atoms with van der Waals surface area (Å²) in [5.41, 5.74) is 9.59. The quantitative estimate of drug-likeness (QED) is 0.662. The molecule has 3 N–H and O–H groups in total. The van der Waals surface area contributed by atoms with Crippen LogP contribution in [0.3, 0.4) is 0 Å². The van der Waals surface area contributed by atoms with Crippen LogP contribution in [-0.2, 0) is 10.2 Å². The van der Waals surface area contributed by atoms with E-state index in [1.165, 1.54) is 12.1 Å². The maximum absolute atomic E-state index is 14.3. The Bertz CT molecular complexity index is 1100. The van der Waals surface area contributed by atoms with Crippen molar-refractivity contribution in [3.05, 3.63) is 65.9 Å². The summed E-state index contributed by atoms with van der Waals surface area (Å²) in [7, 11) is 0. The number of hydrogen-bond acceptors (Lipinski definition) is 2. The number of nitrogens with zero attached hydrogens (tertiary/aromatic N) is 1. The van der Waals surface area contributed by atoms with Gasteiger partial charge in [0.25, 0.3) is 0 Å². The summed E-state index contributed by atoms with van der Waals surface area (Å²) in [6, 6.07) is 10.9. The number of amides is 1. The number of fused-ring (bicyclic) bond motifs is 3. The summed E-state index contributed by atoms with van der Waals surface area (Å²) in [6.07, 6.45) is 4.27. The number of aromatic nitrogens is 1. The molecule has 4 nitrogen and oxygen atoms in total. The van der Waals surface area contributed by atoms with E-state index in [0.717, 1.165) is 42.1 Å². The molecule has 3 aromatic rings. The minimum atomic E-state index is -0.640. The first-order valence-electron chi connectivity index (χ1n) is 8.88. The third kappa shape index (κ3) is 2.16. The summed E-state index contributed by atoms with van der Waals surface area (Å²) >= 11 is 0. The fourth-order valence-electron chi connectivity index (χ4n) is 4.19. The van der Waals surface area contributed by atoms with Crippen LogP contribution in [0, 0.1) is 11.6 Å². The van der Waals surface area contributed by atoms with Crippen molar-refractivity contribution >= 4 is 17.3 Å². The zero-order chi connectivity index (χ0) is 18.8. The van der Waals surface area contributed by atoms with Gasteiger partial charge in [-0.1, -0.05) is 6.42 Å². The molecule has 27 heavy (non-hydrogen) atoms. The molecule has 0 unspecified atom stereocenters. The van der Waals surface area contributed by atoms with E-state index in [1.54, 1.807) is 22.9 Å². The molecule has 0 saturated heterocycles. The van der Waals surface area contributed by atoms with Gasteiger partial charge in [0.15, 0.2) is 0 Å². The van der Waals surface area contributed by atoms with Crippen LogP contribution in [0.2, 0.25) is 0 Å². The summed E-state index contributed by atoms with van der Waals surface area (Å²) in [5, 5.41) is 2.93. The Labute approximate surface area is 154 Å². The smallest absolute Gasteiger partial charge is 0.235 e. The first-order chi connectivity index (χ1) is 13.0. The van der Waals surface area contributed by atoms with Crippen LogP contribution < -0.4 is 11.1 Å². The molecule has 0 atom stereocenters. The van der Waals surface area contributed by atoms with Gasteiger partial charge in [-0.3, -0.25) is 4.79 Å². The summed E-state index contributed by atoms with van der Waals surface area (Å²) in [6.45, 7) is 0. The zero-order valence-electron chi connectivity index (χ0n) is 14.4. The topological polar surface area (TPSA) is 60.0 Å². The van der Waals surface area contributed by atoms with Crippen LogP contribution in [0.25, 0.3) is 16.9 Å². The molecule has 1 aliphatic carbocycles. The largest absolute Gasteiger partial charge is 0.397 e. The Morgan fingerprint density at radius 2 is 1.93 bits per heavy atom. The predicted molar refractivity (Wildman–Crippen MR) is 99.7 cm³/mol. The predicted octanol–water partition coefficient (Wildman–Crippen LogP) is 4.38. The first kappa shape index (κ1) is 16.1. The number of rotatable bonds is 2. The van der Waals surface area contributed by atoms with E-state index in [2.05, 4.69) is 5.32 Å². The van der Waals surface area contributed by atoms with Crippen molar-refractivity contribution < 1.29 is 13.6 Å². The van der Waals surface area contributed by atoms with E-state index in [9.17, 15) is 13.6 Å². The minimum absolute atomic E-state index is 0.000498. The van der Waals surface area contributed by atoms with Crippen LogP contribution in [-0.4, -0.2) is 10.5 Å². The molecule has 2 bridgehead atoms. The molecule has 1 spiro atoms. The minimum Gasteiger partial charge on any atom is -0.397 e. The molecule has 1 saturated carbocycles. The number of anilines is 2. The van der Waals surface area contributed by atoms with Crippen molar-refractivity contribution in [3.8, 4) is 16.9 Å². The maximum Gasteiger partial charge on any atom is 0.235 e. The molecule has 1 amide bonds. The van der Waals surface area contributed by atoms with E-state index in [1.807, 2.05) is 12.1 Å². The average molecular weight is 365 g/mol. The second kappa shape index (κ2) is 5.42. The third-order valence-electron chi connectivity index (χ3n) is 5.80. The van der Waals surface area contributed by atoms with E-state index in [0.29, 0.717) is 11.4 Å². The Morgan fingerprint density at radius 1 is 1.11 bits per heavy atom. The van der Waals surface area contributed by atoms with Crippen molar-refractivity contribution in [2.75, 3.05) is 11.1 Å². The van der Waals surface area contributed by atoms with Crippen LogP contribution in [0.1, 0.15) is 24.8 Å². The molecule has 2 aliphatic rings. The fourth-order valence-corrected chi connectivity index (χ4v) is 4.19. The number of carbonyl (C=O) groups is 1. The number of carbonyl (C=O) groups excluding carboxylic acids is 1. The summed E-state index contributed by atoms with van der Waals surface area (Å²) < 4.78 is 29.3. The monoisotopic (exact) mass is 365 g/mol. The number of nitrogens with two attached hydrogens (primary N) is 1. The highest BCUT2D eigenvalue weighted by molar-refractivity contribution is 6.08. The van der Waals surface area contributed by atoms with Gasteiger partial charge in [0.2, 0.25) is 5.91 Å². The Hall–Kier alpha value is -3.15. The standard InChI is InChI=1S/C21H17F2N3O/c22-13-4-5-18(15(23)11-13)26-8-1-3-17(26)12-9-14-19(24)16(10-12)25-20(27)21(14)6-2-7-21/h1,3-5,8-11H,2,6-7,24H2,(H,25,27). The van der Waals surface area contributed by atoms with Crippen molar-refractivity contribution in [2.24, 2.45) is 0 Å². The molecular formula is C21H17F2N3O. The molecule has 2 heterocycles. The third-order valence-corrected chi connectivity index (χ3v) is 5.80. The van der Waals surface area contributed by atoms with Crippen molar-refractivity contribution in [1.29, 1.82) is 0 Å². The summed E-state index contributed by atoms with van der Waals surface area (Å²) in [5.74, 6) is -1.26. The van der Waals surface area contributed by atoms with Crippen LogP contribution in [0.15, 0.2) is 48.7 Å². The van der Waals surface area contributed by atoms with E-state index in [4.69, 9.17) is 5.73 Å². The van der Waals surface area contributed by atoms with Gasteiger partial charge in [0.05, 0.1) is 28.2 Å². The Morgan fingerprint density at radius 3 is 2.63 bits per heavy atom. The van der Waals surface area contributed by atoms with Gasteiger partial charge in [-0.05, 0) is 54.8 Å². The first-order valence-corrected chi connectivity index (χ1v) is 8.88. The normalized spacial score (nSPS) is 16.9. The van der Waals surface area contributed by atoms with Gasteiger partial charge in [-0.15, -0.1) is 0 Å². The van der Waals surface area contributed by atoms with Gasteiger partial charge >= 0.3 is 0 Å². The number of halogens is 2.